The van der Waals surface area contributed by atoms with Crippen LogP contribution < -0.4 is 5.32 Å². The lowest BCUT2D eigenvalue weighted by Gasteiger charge is -2.41. The fourth-order valence-corrected chi connectivity index (χ4v) is 5.48. The molecule has 1 atom stereocenters. The summed E-state index contributed by atoms with van der Waals surface area (Å²) in [6.45, 7) is 3.28. The van der Waals surface area contributed by atoms with E-state index in [4.69, 9.17) is 11.6 Å². The Bertz CT molecular complexity index is 986. The van der Waals surface area contributed by atoms with E-state index in [2.05, 4.69) is 34.5 Å². The van der Waals surface area contributed by atoms with E-state index in [0.29, 0.717) is 23.9 Å². The first-order chi connectivity index (χ1) is 15.5. The second-order valence-corrected chi connectivity index (χ2v) is 9.97. The van der Waals surface area contributed by atoms with Crippen molar-refractivity contribution in [2.75, 3.05) is 19.6 Å². The number of hydrogen-bond donors (Lipinski definition) is 1. The summed E-state index contributed by atoms with van der Waals surface area (Å²) in [6.07, 6.45) is 4.40. The molecule has 5 nitrogen and oxygen atoms in total. The number of benzene rings is 2. The van der Waals surface area contributed by atoms with Gasteiger partial charge in [0.2, 0.25) is 0 Å². The maximum absolute atomic E-state index is 13.8. The molecule has 2 aromatic rings. The number of imide groups is 1. The third-order valence-corrected chi connectivity index (χ3v) is 7.67. The molecule has 0 radical (unpaired) electrons. The molecule has 2 saturated heterocycles. The predicted molar refractivity (Wildman–Crippen MR) is 125 cm³/mol. The Labute approximate surface area is 194 Å². The van der Waals surface area contributed by atoms with Crippen LogP contribution in [-0.4, -0.2) is 46.9 Å². The minimum Gasteiger partial charge on any atom is -0.322 e. The molecular formula is C26H30ClN3O2. The van der Waals surface area contributed by atoms with Gasteiger partial charge in [-0.1, -0.05) is 60.1 Å². The number of nitrogens with one attached hydrogen (secondary N) is 1. The molecule has 6 heteroatoms. The second-order valence-electron chi connectivity index (χ2n) is 9.56. The van der Waals surface area contributed by atoms with Gasteiger partial charge >= 0.3 is 6.03 Å². The fraction of sp³-hybridized carbons (Fsp3) is 0.462. The molecule has 0 aromatic heterocycles. The lowest BCUT2D eigenvalue weighted by atomic mass is 9.73. The van der Waals surface area contributed by atoms with Crippen LogP contribution in [0.3, 0.4) is 0 Å². The van der Waals surface area contributed by atoms with E-state index in [1.165, 1.54) is 10.5 Å². The molecule has 3 aliphatic rings. The standard InChI is InChI=1S/C26H30ClN3O2/c27-23-9-5-4-8-21(23)16-26(24(31)30(25(32)28-26)18-20-10-11-20)22-12-14-29(15-13-22)17-19-6-2-1-3-7-19/h1-9,20,22H,10-18H2,(H,28,32). The Morgan fingerprint density at radius 1 is 0.938 bits per heavy atom. The van der Waals surface area contributed by atoms with Gasteiger partial charge in [0.1, 0.15) is 5.54 Å². The molecule has 0 spiro atoms. The number of carbonyl (C=O) groups is 2. The Morgan fingerprint density at radius 2 is 1.62 bits per heavy atom. The number of nitrogens with zero attached hydrogens (tertiary/aromatic N) is 2. The number of urea groups is 1. The number of carbonyl (C=O) groups excluding carboxylic acids is 2. The zero-order chi connectivity index (χ0) is 22.1. The van der Waals surface area contributed by atoms with Crippen molar-refractivity contribution in [3.05, 3.63) is 70.7 Å². The molecule has 1 N–H and O–H groups in total. The summed E-state index contributed by atoms with van der Waals surface area (Å²) in [4.78, 5) is 30.6. The average Bonchev–Trinajstić information content (AvgIpc) is 3.59. The SMILES string of the molecule is O=C1NC(Cc2ccccc2Cl)(C2CCN(Cc3ccccc3)CC2)C(=O)N1CC1CC1. The smallest absolute Gasteiger partial charge is 0.322 e. The first-order valence-electron chi connectivity index (χ1n) is 11.7. The predicted octanol–water partition coefficient (Wildman–Crippen LogP) is 4.50. The highest BCUT2D eigenvalue weighted by atomic mass is 35.5. The molecule has 168 valence electrons. The van der Waals surface area contributed by atoms with Crippen molar-refractivity contribution in [1.29, 1.82) is 0 Å². The minimum atomic E-state index is -0.907. The van der Waals surface area contributed by atoms with Gasteiger partial charge in [-0.2, -0.15) is 0 Å². The second kappa shape index (κ2) is 8.87. The molecule has 0 bridgehead atoms. The monoisotopic (exact) mass is 451 g/mol. The lowest BCUT2D eigenvalue weighted by Crippen LogP contribution is -2.57. The molecule has 1 unspecified atom stereocenters. The summed E-state index contributed by atoms with van der Waals surface area (Å²) in [5, 5.41) is 3.82. The van der Waals surface area contributed by atoms with E-state index in [-0.39, 0.29) is 17.9 Å². The van der Waals surface area contributed by atoms with Gasteiger partial charge in [-0.15, -0.1) is 0 Å². The van der Waals surface area contributed by atoms with Crippen LogP contribution >= 0.6 is 11.6 Å². The highest BCUT2D eigenvalue weighted by Gasteiger charge is 2.56. The van der Waals surface area contributed by atoms with Crippen molar-refractivity contribution in [2.45, 2.75) is 44.2 Å². The summed E-state index contributed by atoms with van der Waals surface area (Å²) in [5.74, 6) is 0.496. The minimum absolute atomic E-state index is 0.0594. The Kier molecular flexibility index (Phi) is 5.95. The van der Waals surface area contributed by atoms with Gasteiger partial charge in [-0.3, -0.25) is 14.6 Å². The van der Waals surface area contributed by atoms with E-state index in [9.17, 15) is 9.59 Å². The van der Waals surface area contributed by atoms with Crippen LogP contribution in [-0.2, 0) is 17.8 Å². The van der Waals surface area contributed by atoms with Crippen LogP contribution in [0.4, 0.5) is 4.79 Å². The largest absolute Gasteiger partial charge is 0.325 e. The van der Waals surface area contributed by atoms with Crippen LogP contribution in [0.25, 0.3) is 0 Å². The maximum atomic E-state index is 13.8. The number of rotatable bonds is 7. The molecule has 1 saturated carbocycles. The van der Waals surface area contributed by atoms with Gasteiger partial charge in [0.25, 0.3) is 5.91 Å². The molecule has 2 aromatic carbocycles. The number of amides is 3. The number of likely N-dealkylation sites (tertiary alicyclic amines) is 1. The number of piperidine rings is 1. The van der Waals surface area contributed by atoms with Gasteiger partial charge < -0.3 is 5.32 Å². The Morgan fingerprint density at radius 3 is 2.31 bits per heavy atom. The molecule has 2 heterocycles. The maximum Gasteiger partial charge on any atom is 0.325 e. The van der Waals surface area contributed by atoms with Gasteiger partial charge in [0.05, 0.1) is 0 Å². The van der Waals surface area contributed by atoms with E-state index < -0.39 is 5.54 Å². The third kappa shape index (κ3) is 4.28. The van der Waals surface area contributed by atoms with Gasteiger partial charge in [0.15, 0.2) is 0 Å². The molecular weight excluding hydrogens is 422 g/mol. The highest BCUT2D eigenvalue weighted by Crippen LogP contribution is 2.39. The van der Waals surface area contributed by atoms with Crippen LogP contribution in [0.5, 0.6) is 0 Å². The van der Waals surface area contributed by atoms with Gasteiger partial charge in [-0.25, -0.2) is 4.79 Å². The Hall–Kier alpha value is -2.37. The Balaban J connectivity index is 1.36. The van der Waals surface area contributed by atoms with Crippen molar-refractivity contribution in [3.63, 3.8) is 0 Å². The normalized spacial score (nSPS) is 24.7. The zero-order valence-electron chi connectivity index (χ0n) is 18.3. The van der Waals surface area contributed by atoms with Crippen molar-refractivity contribution < 1.29 is 9.59 Å². The quantitative estimate of drug-likeness (QED) is 0.631. The van der Waals surface area contributed by atoms with Gasteiger partial charge in [0, 0.05) is 24.5 Å². The first-order valence-corrected chi connectivity index (χ1v) is 12.1. The van der Waals surface area contributed by atoms with E-state index in [1.54, 1.807) is 0 Å². The number of hydrogen-bond acceptors (Lipinski definition) is 3. The van der Waals surface area contributed by atoms with Crippen molar-refractivity contribution >= 4 is 23.5 Å². The zero-order valence-corrected chi connectivity index (χ0v) is 19.1. The number of halogens is 1. The molecule has 3 amide bonds. The molecule has 32 heavy (non-hydrogen) atoms. The summed E-state index contributed by atoms with van der Waals surface area (Å²) < 4.78 is 0. The van der Waals surface area contributed by atoms with Gasteiger partial charge in [-0.05, 0) is 67.8 Å². The van der Waals surface area contributed by atoms with E-state index >= 15 is 0 Å². The molecule has 5 rings (SSSR count). The summed E-state index contributed by atoms with van der Waals surface area (Å²) in [7, 11) is 0. The van der Waals surface area contributed by atoms with Crippen molar-refractivity contribution in [2.24, 2.45) is 11.8 Å². The van der Waals surface area contributed by atoms with Crippen molar-refractivity contribution in [3.8, 4) is 0 Å². The van der Waals surface area contributed by atoms with Crippen LogP contribution in [0, 0.1) is 11.8 Å². The summed E-state index contributed by atoms with van der Waals surface area (Å²) >= 11 is 6.49. The first kappa shape index (κ1) is 21.5. The fourth-order valence-electron chi connectivity index (χ4n) is 5.28. The molecule has 1 aliphatic carbocycles. The summed E-state index contributed by atoms with van der Waals surface area (Å²) in [5.41, 5.74) is 1.32. The van der Waals surface area contributed by atoms with E-state index in [1.807, 2.05) is 30.3 Å². The topological polar surface area (TPSA) is 52.7 Å². The van der Waals surface area contributed by atoms with Crippen LogP contribution in [0.1, 0.15) is 36.8 Å². The average molecular weight is 452 g/mol. The summed E-state index contributed by atoms with van der Waals surface area (Å²) in [6, 6.07) is 17.9. The molecule has 3 fully saturated rings. The van der Waals surface area contributed by atoms with E-state index in [0.717, 1.165) is 50.9 Å². The third-order valence-electron chi connectivity index (χ3n) is 7.30. The highest BCUT2D eigenvalue weighted by molar-refractivity contribution is 6.31. The molecule has 2 aliphatic heterocycles. The van der Waals surface area contributed by atoms with Crippen molar-refractivity contribution in [1.82, 2.24) is 15.1 Å². The lowest BCUT2D eigenvalue weighted by molar-refractivity contribution is -0.134. The van der Waals surface area contributed by atoms with Crippen LogP contribution in [0.15, 0.2) is 54.6 Å². The van der Waals surface area contributed by atoms with Crippen LogP contribution in [0.2, 0.25) is 5.02 Å².